The molecule has 2 aliphatic heterocycles. The van der Waals surface area contributed by atoms with Gasteiger partial charge in [0.05, 0.1) is 5.54 Å². The van der Waals surface area contributed by atoms with Crippen molar-refractivity contribution >= 4 is 16.8 Å². The fourth-order valence-corrected chi connectivity index (χ4v) is 5.41. The van der Waals surface area contributed by atoms with Crippen LogP contribution in [0.25, 0.3) is 10.9 Å². The normalized spacial score (nSPS) is 34.1. The number of aromatic nitrogens is 1. The predicted molar refractivity (Wildman–Crippen MR) is 81.9 cm³/mol. The fraction of sp³-hybridized carbons (Fsp3) is 0.500. The van der Waals surface area contributed by atoms with E-state index in [1.54, 1.807) is 0 Å². The lowest BCUT2D eigenvalue weighted by Crippen LogP contribution is -2.49. The van der Waals surface area contributed by atoms with Crippen LogP contribution in [0.1, 0.15) is 37.4 Å². The first kappa shape index (κ1) is 11.8. The molecule has 3 heteroatoms. The van der Waals surface area contributed by atoms with E-state index in [1.807, 2.05) is 0 Å². The Morgan fingerprint density at radius 2 is 2.19 bits per heavy atom. The van der Waals surface area contributed by atoms with Crippen LogP contribution in [0.15, 0.2) is 24.3 Å². The van der Waals surface area contributed by atoms with E-state index < -0.39 is 0 Å². The molecule has 0 radical (unpaired) electrons. The van der Waals surface area contributed by atoms with Crippen molar-refractivity contribution in [3.63, 3.8) is 0 Å². The number of nitrogens with one attached hydrogen (secondary N) is 1. The summed E-state index contributed by atoms with van der Waals surface area (Å²) in [5.74, 6) is 1.59. The zero-order valence-corrected chi connectivity index (χ0v) is 12.4. The first-order valence-electron chi connectivity index (χ1n) is 8.10. The molecule has 3 unspecified atom stereocenters. The summed E-state index contributed by atoms with van der Waals surface area (Å²) in [6, 6.07) is 8.60. The first-order valence-corrected chi connectivity index (χ1v) is 8.10. The Labute approximate surface area is 124 Å². The minimum absolute atomic E-state index is 0.0247. The zero-order valence-electron chi connectivity index (χ0n) is 12.4. The van der Waals surface area contributed by atoms with Gasteiger partial charge < -0.3 is 9.88 Å². The van der Waals surface area contributed by atoms with Crippen LogP contribution in [-0.2, 0) is 16.8 Å². The second kappa shape index (κ2) is 3.70. The molecule has 1 spiro atoms. The average Bonchev–Trinajstić information content (AvgIpc) is 3.06. The monoisotopic (exact) mass is 280 g/mol. The topological polar surface area (TPSA) is 36.1 Å². The number of amides is 1. The Bertz CT molecular complexity index is 762. The molecule has 2 fully saturated rings. The molecule has 108 valence electrons. The van der Waals surface area contributed by atoms with Crippen LogP contribution in [0.4, 0.5) is 0 Å². The molecule has 1 aromatic heterocycles. The van der Waals surface area contributed by atoms with Crippen LogP contribution in [0.3, 0.4) is 0 Å². The molecule has 5 rings (SSSR count). The second-order valence-electron chi connectivity index (χ2n) is 7.19. The Morgan fingerprint density at radius 1 is 1.33 bits per heavy atom. The van der Waals surface area contributed by atoms with E-state index in [0.29, 0.717) is 17.7 Å². The maximum atomic E-state index is 12.5. The van der Waals surface area contributed by atoms with Crippen LogP contribution in [0.5, 0.6) is 0 Å². The van der Waals surface area contributed by atoms with Gasteiger partial charge in [0.1, 0.15) is 0 Å². The minimum atomic E-state index is -0.0247. The van der Waals surface area contributed by atoms with Crippen LogP contribution in [-0.4, -0.2) is 22.3 Å². The number of benzene rings is 1. The third kappa shape index (κ3) is 1.28. The molecule has 3 aliphatic rings. The molecule has 0 bridgehead atoms. The minimum Gasteiger partial charge on any atom is -0.356 e. The van der Waals surface area contributed by atoms with Gasteiger partial charge in [-0.1, -0.05) is 25.1 Å². The summed E-state index contributed by atoms with van der Waals surface area (Å²) in [6.45, 7) is 3.24. The lowest BCUT2D eigenvalue weighted by atomic mass is 9.79. The predicted octanol–water partition coefficient (Wildman–Crippen LogP) is 3.20. The van der Waals surface area contributed by atoms with Gasteiger partial charge in [-0.05, 0) is 42.7 Å². The number of carbonyl (C=O) groups is 1. The van der Waals surface area contributed by atoms with E-state index in [9.17, 15) is 4.79 Å². The molecule has 1 saturated heterocycles. The Morgan fingerprint density at radius 3 is 3.10 bits per heavy atom. The van der Waals surface area contributed by atoms with Gasteiger partial charge in [0.2, 0.25) is 5.91 Å². The number of para-hydroxylation sites is 1. The van der Waals surface area contributed by atoms with Crippen molar-refractivity contribution in [2.75, 3.05) is 6.54 Å². The maximum absolute atomic E-state index is 12.5. The standard InChI is InChI=1S/C18H20N2O/c1-11-8-12-9-16(21)20-7-6-14-13-4-2-3-5-15(13)19-17(14)18(12,20)10-11/h2-5,11-12,19H,6-10H2,1H3. The number of nitrogens with zero attached hydrogens (tertiary/aromatic N) is 1. The van der Waals surface area contributed by atoms with Crippen LogP contribution >= 0.6 is 0 Å². The SMILES string of the molecule is CC1CC2CC(=O)N3CCc4c([nH]c5ccccc45)C23C1. The first-order chi connectivity index (χ1) is 10.2. The lowest BCUT2D eigenvalue weighted by Gasteiger charge is -2.42. The Kier molecular flexibility index (Phi) is 2.09. The molecule has 1 aliphatic carbocycles. The lowest BCUT2D eigenvalue weighted by molar-refractivity contribution is -0.132. The van der Waals surface area contributed by atoms with E-state index in [4.69, 9.17) is 0 Å². The summed E-state index contributed by atoms with van der Waals surface area (Å²) in [4.78, 5) is 18.4. The molecular formula is C18H20N2O. The number of H-pyrrole nitrogens is 1. The van der Waals surface area contributed by atoms with Gasteiger partial charge in [0, 0.05) is 29.6 Å². The van der Waals surface area contributed by atoms with Crippen molar-refractivity contribution < 1.29 is 4.79 Å². The van der Waals surface area contributed by atoms with Gasteiger partial charge in [-0.2, -0.15) is 0 Å². The number of aromatic amines is 1. The van der Waals surface area contributed by atoms with E-state index in [1.165, 1.54) is 28.6 Å². The van der Waals surface area contributed by atoms with E-state index in [0.717, 1.165) is 25.8 Å². The molecule has 1 aromatic carbocycles. The number of fused-ring (bicyclic) bond motifs is 3. The largest absolute Gasteiger partial charge is 0.356 e. The van der Waals surface area contributed by atoms with Crippen molar-refractivity contribution in [3.05, 3.63) is 35.5 Å². The van der Waals surface area contributed by atoms with Gasteiger partial charge in [-0.15, -0.1) is 0 Å². The molecular weight excluding hydrogens is 260 g/mol. The third-order valence-corrected chi connectivity index (χ3v) is 6.06. The molecule has 2 aromatic rings. The summed E-state index contributed by atoms with van der Waals surface area (Å²) in [5, 5.41) is 1.36. The second-order valence-corrected chi connectivity index (χ2v) is 7.19. The van der Waals surface area contributed by atoms with Crippen molar-refractivity contribution in [1.29, 1.82) is 0 Å². The van der Waals surface area contributed by atoms with E-state index in [-0.39, 0.29) is 5.54 Å². The molecule has 3 heterocycles. The summed E-state index contributed by atoms with van der Waals surface area (Å²) in [7, 11) is 0. The Balaban J connectivity index is 1.81. The Hall–Kier alpha value is -1.77. The maximum Gasteiger partial charge on any atom is 0.223 e. The highest BCUT2D eigenvalue weighted by atomic mass is 16.2. The fourth-order valence-electron chi connectivity index (χ4n) is 5.41. The average molecular weight is 280 g/mol. The molecule has 1 saturated carbocycles. The zero-order chi connectivity index (χ0) is 14.2. The smallest absolute Gasteiger partial charge is 0.223 e. The van der Waals surface area contributed by atoms with E-state index in [2.05, 4.69) is 41.1 Å². The van der Waals surface area contributed by atoms with Crippen molar-refractivity contribution in [1.82, 2.24) is 9.88 Å². The van der Waals surface area contributed by atoms with Crippen LogP contribution in [0.2, 0.25) is 0 Å². The quantitative estimate of drug-likeness (QED) is 0.790. The number of carbonyl (C=O) groups excluding carboxylic acids is 1. The van der Waals surface area contributed by atoms with Crippen LogP contribution < -0.4 is 0 Å². The number of rotatable bonds is 0. The molecule has 3 nitrogen and oxygen atoms in total. The van der Waals surface area contributed by atoms with Gasteiger partial charge >= 0.3 is 0 Å². The van der Waals surface area contributed by atoms with E-state index >= 15 is 0 Å². The summed E-state index contributed by atoms with van der Waals surface area (Å²) in [5.41, 5.74) is 4.03. The summed E-state index contributed by atoms with van der Waals surface area (Å²) < 4.78 is 0. The third-order valence-electron chi connectivity index (χ3n) is 6.06. The van der Waals surface area contributed by atoms with Gasteiger partial charge in [0.15, 0.2) is 0 Å². The summed E-state index contributed by atoms with van der Waals surface area (Å²) in [6.07, 6.45) is 4.06. The summed E-state index contributed by atoms with van der Waals surface area (Å²) >= 11 is 0. The van der Waals surface area contributed by atoms with Gasteiger partial charge in [0.25, 0.3) is 0 Å². The molecule has 21 heavy (non-hydrogen) atoms. The highest BCUT2D eigenvalue weighted by molar-refractivity contribution is 5.88. The van der Waals surface area contributed by atoms with Crippen molar-refractivity contribution in [3.8, 4) is 0 Å². The molecule has 3 atom stereocenters. The molecule has 1 amide bonds. The number of hydrogen-bond donors (Lipinski definition) is 1. The van der Waals surface area contributed by atoms with Gasteiger partial charge in [-0.25, -0.2) is 0 Å². The highest BCUT2D eigenvalue weighted by Gasteiger charge is 2.60. The van der Waals surface area contributed by atoms with Crippen LogP contribution in [0, 0.1) is 11.8 Å². The number of hydrogen-bond acceptors (Lipinski definition) is 1. The van der Waals surface area contributed by atoms with Crippen molar-refractivity contribution in [2.24, 2.45) is 11.8 Å². The molecule has 1 N–H and O–H groups in total. The van der Waals surface area contributed by atoms with Crippen molar-refractivity contribution in [2.45, 2.75) is 38.1 Å². The highest BCUT2D eigenvalue weighted by Crippen LogP contribution is 2.58. The van der Waals surface area contributed by atoms with Gasteiger partial charge in [-0.3, -0.25) is 4.79 Å².